The zero-order chi connectivity index (χ0) is 26.3. The van der Waals surface area contributed by atoms with E-state index in [4.69, 9.17) is 18.9 Å². The molecule has 0 fully saturated rings. The molecule has 37 heavy (non-hydrogen) atoms. The number of hydrogen-bond acceptors (Lipinski definition) is 8. The number of methoxy groups -OCH3 is 4. The SMILES string of the molecule is COC(=O)c1c(-c2cc(OC)c(OC)c(OC)c2)c2ccccc2c(=O)n1-c1ccc2nnn(C)c2c1. The maximum absolute atomic E-state index is 13.9. The predicted octanol–water partition coefficient (Wildman–Crippen LogP) is 3.75. The Morgan fingerprint density at radius 1 is 0.865 bits per heavy atom. The molecule has 0 bridgehead atoms. The molecule has 5 rings (SSSR count). The van der Waals surface area contributed by atoms with Crippen LogP contribution in [0.2, 0.25) is 0 Å². The lowest BCUT2D eigenvalue weighted by Gasteiger charge is -2.20. The van der Waals surface area contributed by atoms with Crippen LogP contribution in [0.15, 0.2) is 59.4 Å². The molecule has 188 valence electrons. The van der Waals surface area contributed by atoms with Crippen LogP contribution >= 0.6 is 0 Å². The highest BCUT2D eigenvalue weighted by molar-refractivity contribution is 6.07. The zero-order valence-corrected chi connectivity index (χ0v) is 20.9. The van der Waals surface area contributed by atoms with Gasteiger partial charge in [0.25, 0.3) is 5.56 Å². The number of carbonyl (C=O) groups is 1. The minimum absolute atomic E-state index is 0.0509. The first-order valence-corrected chi connectivity index (χ1v) is 11.3. The molecule has 5 aromatic rings. The van der Waals surface area contributed by atoms with E-state index in [0.29, 0.717) is 55.9 Å². The van der Waals surface area contributed by atoms with Crippen LogP contribution in [0.1, 0.15) is 10.5 Å². The van der Waals surface area contributed by atoms with Gasteiger partial charge in [-0.15, -0.1) is 5.10 Å². The Labute approximate surface area is 211 Å². The summed E-state index contributed by atoms with van der Waals surface area (Å²) in [5, 5.41) is 9.15. The third kappa shape index (κ3) is 3.74. The summed E-state index contributed by atoms with van der Waals surface area (Å²) < 4.78 is 24.8. The van der Waals surface area contributed by atoms with Crippen LogP contribution in [-0.4, -0.2) is 54.0 Å². The lowest BCUT2D eigenvalue weighted by molar-refractivity contribution is 0.0591. The van der Waals surface area contributed by atoms with E-state index in [1.807, 2.05) is 6.07 Å². The van der Waals surface area contributed by atoms with Crippen LogP contribution in [0.5, 0.6) is 17.2 Å². The molecule has 0 saturated carbocycles. The van der Waals surface area contributed by atoms with Crippen molar-refractivity contribution in [3.8, 4) is 34.1 Å². The van der Waals surface area contributed by atoms with E-state index >= 15 is 0 Å². The van der Waals surface area contributed by atoms with Gasteiger partial charge in [-0.2, -0.15) is 0 Å². The highest BCUT2D eigenvalue weighted by Gasteiger charge is 2.27. The predicted molar refractivity (Wildman–Crippen MR) is 138 cm³/mol. The Hall–Kier alpha value is -4.86. The van der Waals surface area contributed by atoms with Crippen molar-refractivity contribution in [1.82, 2.24) is 19.6 Å². The maximum atomic E-state index is 13.9. The lowest BCUT2D eigenvalue weighted by atomic mass is 9.95. The Kier molecular flexibility index (Phi) is 6.00. The molecule has 10 heteroatoms. The first kappa shape index (κ1) is 23.9. The summed E-state index contributed by atoms with van der Waals surface area (Å²) in [7, 11) is 7.57. The summed E-state index contributed by atoms with van der Waals surface area (Å²) >= 11 is 0. The van der Waals surface area contributed by atoms with E-state index in [0.717, 1.165) is 0 Å². The van der Waals surface area contributed by atoms with Gasteiger partial charge in [-0.05, 0) is 47.3 Å². The standard InChI is InChI=1S/C27H24N4O6/c1-30-20-14-16(10-11-19(20)28-29-30)31-24(27(33)37-5)23(17-8-6-7-9-18(17)26(31)32)15-12-21(34-2)25(36-4)22(13-15)35-3/h6-14H,1-5H3. The van der Waals surface area contributed by atoms with Crippen LogP contribution in [0.25, 0.3) is 38.6 Å². The van der Waals surface area contributed by atoms with Gasteiger partial charge in [0.2, 0.25) is 5.75 Å². The molecule has 0 N–H and O–H groups in total. The molecule has 10 nitrogen and oxygen atoms in total. The summed E-state index contributed by atoms with van der Waals surface area (Å²) in [6, 6.07) is 15.8. The van der Waals surface area contributed by atoms with Gasteiger partial charge >= 0.3 is 5.97 Å². The number of fused-ring (bicyclic) bond motifs is 2. The molecule has 0 saturated heterocycles. The number of hydrogen-bond donors (Lipinski definition) is 0. The first-order chi connectivity index (χ1) is 17.9. The van der Waals surface area contributed by atoms with Gasteiger partial charge in [-0.1, -0.05) is 23.4 Å². The summed E-state index contributed by atoms with van der Waals surface area (Å²) in [5.74, 6) is 0.517. The summed E-state index contributed by atoms with van der Waals surface area (Å²) in [6.07, 6.45) is 0. The molecule has 0 radical (unpaired) electrons. The maximum Gasteiger partial charge on any atom is 0.355 e. The molecule has 2 aromatic heterocycles. The number of benzene rings is 3. The Bertz CT molecular complexity index is 1710. The van der Waals surface area contributed by atoms with Gasteiger partial charge < -0.3 is 18.9 Å². The van der Waals surface area contributed by atoms with Gasteiger partial charge in [-0.25, -0.2) is 9.48 Å². The molecular formula is C27H24N4O6. The quantitative estimate of drug-likeness (QED) is 0.325. The second kappa shape index (κ2) is 9.30. The first-order valence-electron chi connectivity index (χ1n) is 11.3. The van der Waals surface area contributed by atoms with Crippen molar-refractivity contribution >= 4 is 27.8 Å². The van der Waals surface area contributed by atoms with Crippen LogP contribution in [0.3, 0.4) is 0 Å². The van der Waals surface area contributed by atoms with Crippen molar-refractivity contribution < 1.29 is 23.7 Å². The monoisotopic (exact) mass is 500 g/mol. The number of pyridine rings is 1. The lowest BCUT2D eigenvalue weighted by Crippen LogP contribution is -2.27. The van der Waals surface area contributed by atoms with Crippen molar-refractivity contribution in [3.63, 3.8) is 0 Å². The van der Waals surface area contributed by atoms with Gasteiger partial charge in [0.1, 0.15) is 11.2 Å². The van der Waals surface area contributed by atoms with Crippen molar-refractivity contribution in [1.29, 1.82) is 0 Å². The molecule has 2 heterocycles. The van der Waals surface area contributed by atoms with Gasteiger partial charge in [0.05, 0.1) is 39.6 Å². The average molecular weight is 501 g/mol. The largest absolute Gasteiger partial charge is 0.493 e. The molecule has 0 atom stereocenters. The number of rotatable bonds is 6. The fourth-order valence-corrected chi connectivity index (χ4v) is 4.56. The minimum atomic E-state index is -0.685. The van der Waals surface area contributed by atoms with Crippen molar-refractivity contribution in [2.45, 2.75) is 0 Å². The molecular weight excluding hydrogens is 476 g/mol. The number of nitrogens with zero attached hydrogens (tertiary/aromatic N) is 4. The average Bonchev–Trinajstić information content (AvgIpc) is 3.31. The summed E-state index contributed by atoms with van der Waals surface area (Å²) in [6.45, 7) is 0. The van der Waals surface area contributed by atoms with E-state index < -0.39 is 5.97 Å². The number of esters is 1. The van der Waals surface area contributed by atoms with Gasteiger partial charge in [-0.3, -0.25) is 9.36 Å². The second-order valence-corrected chi connectivity index (χ2v) is 8.20. The van der Waals surface area contributed by atoms with Crippen LogP contribution < -0.4 is 19.8 Å². The fourth-order valence-electron chi connectivity index (χ4n) is 4.56. The third-order valence-corrected chi connectivity index (χ3v) is 6.27. The smallest absolute Gasteiger partial charge is 0.355 e. The van der Waals surface area contributed by atoms with Crippen molar-refractivity contribution in [2.24, 2.45) is 7.05 Å². The highest BCUT2D eigenvalue weighted by atomic mass is 16.5. The molecule has 0 aliphatic heterocycles. The second-order valence-electron chi connectivity index (χ2n) is 8.20. The molecule has 0 spiro atoms. The van der Waals surface area contributed by atoms with Gasteiger partial charge in [0, 0.05) is 18.0 Å². The number of aryl methyl sites for hydroxylation is 1. The van der Waals surface area contributed by atoms with E-state index in [2.05, 4.69) is 10.3 Å². The number of carbonyl (C=O) groups excluding carboxylic acids is 1. The van der Waals surface area contributed by atoms with Crippen LogP contribution in [0, 0.1) is 0 Å². The number of aromatic nitrogens is 4. The normalized spacial score (nSPS) is 11.1. The Morgan fingerprint density at radius 2 is 1.54 bits per heavy atom. The third-order valence-electron chi connectivity index (χ3n) is 6.27. The summed E-state index contributed by atoms with van der Waals surface area (Å²) in [5.41, 5.74) is 2.54. The van der Waals surface area contributed by atoms with Gasteiger partial charge in [0.15, 0.2) is 11.5 Å². The van der Waals surface area contributed by atoms with Crippen LogP contribution in [-0.2, 0) is 11.8 Å². The topological polar surface area (TPSA) is 107 Å². The Morgan fingerprint density at radius 3 is 2.16 bits per heavy atom. The highest BCUT2D eigenvalue weighted by Crippen LogP contribution is 2.43. The Balaban J connectivity index is 1.97. The van der Waals surface area contributed by atoms with E-state index in [1.165, 1.54) is 33.0 Å². The molecule has 0 unspecified atom stereocenters. The molecule has 0 amide bonds. The molecule has 3 aromatic carbocycles. The van der Waals surface area contributed by atoms with E-state index in [1.54, 1.807) is 60.3 Å². The minimum Gasteiger partial charge on any atom is -0.493 e. The number of ether oxygens (including phenoxy) is 4. The zero-order valence-electron chi connectivity index (χ0n) is 20.9. The molecule has 0 aliphatic rings. The van der Waals surface area contributed by atoms with E-state index in [-0.39, 0.29) is 11.3 Å². The van der Waals surface area contributed by atoms with Crippen molar-refractivity contribution in [3.05, 3.63) is 70.6 Å². The van der Waals surface area contributed by atoms with E-state index in [9.17, 15) is 9.59 Å². The van der Waals surface area contributed by atoms with Crippen molar-refractivity contribution in [2.75, 3.05) is 28.4 Å². The fraction of sp³-hybridized carbons (Fsp3) is 0.185. The van der Waals surface area contributed by atoms with Crippen LogP contribution in [0.4, 0.5) is 0 Å². The molecule has 0 aliphatic carbocycles. The summed E-state index contributed by atoms with van der Waals surface area (Å²) in [4.78, 5) is 27.3.